The first-order chi connectivity index (χ1) is 8.42. The number of piperidine rings is 1. The summed E-state index contributed by atoms with van der Waals surface area (Å²) >= 11 is 0. The summed E-state index contributed by atoms with van der Waals surface area (Å²) in [6.45, 7) is 0.0530. The van der Waals surface area contributed by atoms with Gasteiger partial charge in [0.2, 0.25) is 5.91 Å². The number of hydrogen-bond acceptors (Lipinski definition) is 3. The number of hydrogen-bond donors (Lipinski definition) is 2. The van der Waals surface area contributed by atoms with Crippen LogP contribution < -0.4 is 11.1 Å². The maximum Gasteiger partial charge on any atom is 0.405 e. The van der Waals surface area contributed by atoms with E-state index in [-0.39, 0.29) is 12.6 Å². The summed E-state index contributed by atoms with van der Waals surface area (Å²) in [5.74, 6) is -0.573. The molecule has 1 heterocycles. The molecule has 1 aliphatic heterocycles. The Kier molecular flexibility index (Phi) is 5.87. The number of rotatable bonds is 5. The Labute approximate surface area is 105 Å². The molecule has 0 spiro atoms. The molecule has 4 nitrogen and oxygen atoms in total. The summed E-state index contributed by atoms with van der Waals surface area (Å²) < 4.78 is 35.8. The molecule has 0 radical (unpaired) electrons. The van der Waals surface area contributed by atoms with Crippen LogP contribution in [0.5, 0.6) is 0 Å². The van der Waals surface area contributed by atoms with Crippen molar-refractivity contribution < 1.29 is 18.0 Å². The average molecular weight is 267 g/mol. The second kappa shape index (κ2) is 6.94. The van der Waals surface area contributed by atoms with Crippen molar-refractivity contribution in [3.05, 3.63) is 0 Å². The van der Waals surface area contributed by atoms with E-state index < -0.39 is 18.6 Å². The first-order valence-corrected chi connectivity index (χ1v) is 6.20. The highest BCUT2D eigenvalue weighted by Crippen LogP contribution is 2.18. The van der Waals surface area contributed by atoms with Crippen LogP contribution in [0, 0.1) is 0 Å². The first kappa shape index (κ1) is 15.2. The maximum atomic E-state index is 11.9. The number of alkyl halides is 3. The number of likely N-dealkylation sites (tertiary alicyclic amines) is 1. The van der Waals surface area contributed by atoms with Gasteiger partial charge < -0.3 is 11.1 Å². The molecule has 0 bridgehead atoms. The molecule has 0 aromatic heterocycles. The Balaban J connectivity index is 2.36. The Morgan fingerprint density at radius 3 is 2.72 bits per heavy atom. The van der Waals surface area contributed by atoms with Gasteiger partial charge in [-0.1, -0.05) is 6.42 Å². The second-order valence-corrected chi connectivity index (χ2v) is 4.59. The van der Waals surface area contributed by atoms with Gasteiger partial charge in [0.15, 0.2) is 0 Å². The summed E-state index contributed by atoms with van der Waals surface area (Å²) in [7, 11) is 0. The van der Waals surface area contributed by atoms with E-state index in [1.807, 2.05) is 10.2 Å². The molecule has 0 saturated carbocycles. The van der Waals surface area contributed by atoms with Gasteiger partial charge in [-0.25, -0.2) is 0 Å². The first-order valence-electron chi connectivity index (χ1n) is 6.20. The number of nitrogens with one attached hydrogen (secondary N) is 1. The minimum atomic E-state index is -4.35. The molecule has 1 rings (SSSR count). The predicted molar refractivity (Wildman–Crippen MR) is 61.9 cm³/mol. The predicted octanol–water partition coefficient (Wildman–Crippen LogP) is 0.868. The van der Waals surface area contributed by atoms with E-state index in [2.05, 4.69) is 0 Å². The zero-order valence-corrected chi connectivity index (χ0v) is 10.3. The van der Waals surface area contributed by atoms with E-state index in [0.29, 0.717) is 6.54 Å². The maximum absolute atomic E-state index is 11.9. The van der Waals surface area contributed by atoms with Gasteiger partial charge in [-0.15, -0.1) is 0 Å². The van der Waals surface area contributed by atoms with Crippen molar-refractivity contribution in [2.45, 2.75) is 37.9 Å². The van der Waals surface area contributed by atoms with Crippen LogP contribution in [0.25, 0.3) is 0 Å². The number of carbonyl (C=O) groups excluding carboxylic acids is 1. The number of nitrogens with two attached hydrogens (primary N) is 1. The van der Waals surface area contributed by atoms with Gasteiger partial charge in [0.05, 0.1) is 6.54 Å². The zero-order chi connectivity index (χ0) is 13.6. The van der Waals surface area contributed by atoms with Crippen molar-refractivity contribution in [3.8, 4) is 0 Å². The van der Waals surface area contributed by atoms with Crippen LogP contribution in [-0.2, 0) is 4.79 Å². The smallest absolute Gasteiger partial charge is 0.346 e. The summed E-state index contributed by atoms with van der Waals surface area (Å²) in [5.41, 5.74) is 5.49. The standard InChI is InChI=1S/C11H20F3N3O/c12-11(13,14)8-16-10(18)7-17-6-2-1-3-9(17)4-5-15/h9H,1-8,15H2,(H,16,18). The number of amides is 1. The van der Waals surface area contributed by atoms with Gasteiger partial charge >= 0.3 is 6.18 Å². The lowest BCUT2D eigenvalue weighted by molar-refractivity contribution is -0.139. The van der Waals surface area contributed by atoms with Crippen LogP contribution in [0.1, 0.15) is 25.7 Å². The lowest BCUT2D eigenvalue weighted by Crippen LogP contribution is -2.47. The molecule has 7 heteroatoms. The zero-order valence-electron chi connectivity index (χ0n) is 10.3. The normalized spacial score (nSPS) is 21.9. The number of halogens is 3. The van der Waals surface area contributed by atoms with Crippen LogP contribution in [-0.4, -0.2) is 49.2 Å². The minimum absolute atomic E-state index is 0.0285. The van der Waals surface area contributed by atoms with E-state index >= 15 is 0 Å². The second-order valence-electron chi connectivity index (χ2n) is 4.59. The van der Waals surface area contributed by atoms with E-state index in [1.165, 1.54) is 0 Å². The van der Waals surface area contributed by atoms with Crippen molar-refractivity contribution in [1.29, 1.82) is 0 Å². The van der Waals surface area contributed by atoms with Crippen LogP contribution >= 0.6 is 0 Å². The summed E-state index contributed by atoms with van der Waals surface area (Å²) in [6, 6.07) is 0.223. The van der Waals surface area contributed by atoms with Crippen LogP contribution in [0.3, 0.4) is 0 Å². The van der Waals surface area contributed by atoms with Crippen molar-refractivity contribution in [2.24, 2.45) is 5.73 Å². The highest BCUT2D eigenvalue weighted by molar-refractivity contribution is 5.78. The molecule has 0 aromatic carbocycles. The van der Waals surface area contributed by atoms with Crippen LogP contribution in [0.4, 0.5) is 13.2 Å². The fourth-order valence-corrected chi connectivity index (χ4v) is 2.23. The van der Waals surface area contributed by atoms with Gasteiger partial charge in [0, 0.05) is 6.04 Å². The highest BCUT2D eigenvalue weighted by Gasteiger charge is 2.29. The molecular weight excluding hydrogens is 247 g/mol. The SMILES string of the molecule is NCCC1CCCCN1CC(=O)NCC(F)(F)F. The third kappa shape index (κ3) is 5.68. The fourth-order valence-electron chi connectivity index (χ4n) is 2.23. The molecule has 1 saturated heterocycles. The molecule has 1 aliphatic rings. The molecule has 3 N–H and O–H groups in total. The molecule has 1 atom stereocenters. The molecule has 0 aliphatic carbocycles. The molecule has 1 unspecified atom stereocenters. The van der Waals surface area contributed by atoms with Crippen LogP contribution in [0.2, 0.25) is 0 Å². The van der Waals surface area contributed by atoms with Crippen molar-refractivity contribution in [1.82, 2.24) is 10.2 Å². The van der Waals surface area contributed by atoms with Gasteiger partial charge in [0.25, 0.3) is 0 Å². The van der Waals surface area contributed by atoms with Crippen molar-refractivity contribution in [3.63, 3.8) is 0 Å². The van der Waals surface area contributed by atoms with E-state index in [4.69, 9.17) is 5.73 Å². The van der Waals surface area contributed by atoms with E-state index in [1.54, 1.807) is 0 Å². The van der Waals surface area contributed by atoms with Crippen LogP contribution in [0.15, 0.2) is 0 Å². The minimum Gasteiger partial charge on any atom is -0.346 e. The molecular formula is C11H20F3N3O. The van der Waals surface area contributed by atoms with E-state index in [9.17, 15) is 18.0 Å². The third-order valence-electron chi connectivity index (χ3n) is 3.08. The fraction of sp³-hybridized carbons (Fsp3) is 0.909. The summed E-state index contributed by atoms with van der Waals surface area (Å²) in [6.07, 6.45) is -0.538. The monoisotopic (exact) mass is 267 g/mol. The molecule has 0 aromatic rings. The third-order valence-corrected chi connectivity index (χ3v) is 3.08. The topological polar surface area (TPSA) is 58.4 Å². The van der Waals surface area contributed by atoms with E-state index in [0.717, 1.165) is 32.2 Å². The van der Waals surface area contributed by atoms with Crippen molar-refractivity contribution >= 4 is 5.91 Å². The Hall–Kier alpha value is -0.820. The largest absolute Gasteiger partial charge is 0.405 e. The Morgan fingerprint density at radius 1 is 1.39 bits per heavy atom. The highest BCUT2D eigenvalue weighted by atomic mass is 19.4. The molecule has 1 fully saturated rings. The van der Waals surface area contributed by atoms with Gasteiger partial charge in [0.1, 0.15) is 6.54 Å². The van der Waals surface area contributed by atoms with Gasteiger partial charge in [-0.3, -0.25) is 9.69 Å². The number of carbonyl (C=O) groups is 1. The molecule has 1 amide bonds. The van der Waals surface area contributed by atoms with Crippen molar-refractivity contribution in [2.75, 3.05) is 26.2 Å². The molecule has 106 valence electrons. The molecule has 18 heavy (non-hydrogen) atoms. The average Bonchev–Trinajstić information content (AvgIpc) is 2.29. The van der Waals surface area contributed by atoms with Gasteiger partial charge in [-0.05, 0) is 32.4 Å². The Bertz CT molecular complexity index is 269. The van der Waals surface area contributed by atoms with Gasteiger partial charge in [-0.2, -0.15) is 13.2 Å². The summed E-state index contributed by atoms with van der Waals surface area (Å²) in [5, 5.41) is 1.90. The quantitative estimate of drug-likeness (QED) is 0.777. The number of nitrogens with zero attached hydrogens (tertiary/aromatic N) is 1. The summed E-state index contributed by atoms with van der Waals surface area (Å²) in [4.78, 5) is 13.4. The lowest BCUT2D eigenvalue weighted by atomic mass is 9.99. The lowest BCUT2D eigenvalue weighted by Gasteiger charge is -2.35. The Morgan fingerprint density at radius 2 is 2.11 bits per heavy atom.